The Morgan fingerprint density at radius 3 is 2.31 bits per heavy atom. The van der Waals surface area contributed by atoms with Crippen LogP contribution in [0.1, 0.15) is 68.2 Å². The lowest BCUT2D eigenvalue weighted by Crippen LogP contribution is -1.93. The lowest BCUT2D eigenvalue weighted by molar-refractivity contribution is 0.623. The summed E-state index contributed by atoms with van der Waals surface area (Å²) >= 11 is 0. The molecule has 0 amide bonds. The van der Waals surface area contributed by atoms with Crippen molar-refractivity contribution < 1.29 is 4.39 Å². The van der Waals surface area contributed by atoms with Gasteiger partial charge in [-0.2, -0.15) is 5.26 Å². The summed E-state index contributed by atoms with van der Waals surface area (Å²) in [6.07, 6.45) is 5.66. The molecule has 0 unspecified atom stereocenters. The van der Waals surface area contributed by atoms with Crippen molar-refractivity contribution in [2.24, 2.45) is 0 Å². The third kappa shape index (κ3) is 3.94. The second kappa shape index (κ2) is 7.70. The maximum absolute atomic E-state index is 14.2. The molecular formula is C24H24FN. The number of rotatable bonds is 5. The van der Waals surface area contributed by atoms with Crippen LogP contribution in [-0.4, -0.2) is 0 Å². The van der Waals surface area contributed by atoms with Gasteiger partial charge < -0.3 is 0 Å². The standard InChI is InChI=1S/C24H24FN/c1-4-16(2)13-23(21-11-12-22(15-26)24(25)14-21)17(3)18-5-7-19(8-6-18)20-9-10-20/h5-8,11-14,20H,4,9-10H2,1-3H3/b16-13-,23-17-. The quantitative estimate of drug-likeness (QED) is 0.429. The van der Waals surface area contributed by atoms with Gasteiger partial charge in [-0.1, -0.05) is 48.9 Å². The first kappa shape index (κ1) is 18.1. The minimum absolute atomic E-state index is 0.0794. The van der Waals surface area contributed by atoms with Crippen molar-refractivity contribution >= 4 is 11.1 Å². The number of nitrogens with zero attached hydrogens (tertiary/aromatic N) is 1. The fourth-order valence-corrected chi connectivity index (χ4v) is 3.11. The summed E-state index contributed by atoms with van der Waals surface area (Å²) in [5.41, 5.74) is 6.80. The number of hydrogen-bond acceptors (Lipinski definition) is 1. The fraction of sp³-hybridized carbons (Fsp3) is 0.292. The molecule has 2 heteroatoms. The third-order valence-corrected chi connectivity index (χ3v) is 5.15. The lowest BCUT2D eigenvalue weighted by atomic mass is 9.92. The Hall–Kier alpha value is -2.66. The summed E-state index contributed by atoms with van der Waals surface area (Å²) < 4.78 is 14.2. The average molecular weight is 345 g/mol. The first-order chi connectivity index (χ1) is 12.5. The highest BCUT2D eigenvalue weighted by atomic mass is 19.1. The van der Waals surface area contributed by atoms with Gasteiger partial charge in [-0.15, -0.1) is 0 Å². The van der Waals surface area contributed by atoms with Gasteiger partial charge >= 0.3 is 0 Å². The van der Waals surface area contributed by atoms with Gasteiger partial charge in [0, 0.05) is 0 Å². The van der Waals surface area contributed by atoms with Gasteiger partial charge in [-0.05, 0) is 79.0 Å². The SMILES string of the molecule is CC/C(C)=C\C(=C(/C)c1ccc(C2CC2)cc1)c1ccc(C#N)c(F)c1. The molecule has 0 heterocycles. The molecule has 26 heavy (non-hydrogen) atoms. The number of allylic oxidation sites excluding steroid dienone is 4. The molecule has 2 aromatic rings. The highest BCUT2D eigenvalue weighted by Crippen LogP contribution is 2.40. The van der Waals surface area contributed by atoms with Gasteiger partial charge in [0.1, 0.15) is 11.9 Å². The molecule has 1 nitrogen and oxygen atoms in total. The predicted octanol–water partition coefficient (Wildman–Crippen LogP) is 6.86. The Morgan fingerprint density at radius 1 is 1.12 bits per heavy atom. The van der Waals surface area contributed by atoms with Gasteiger partial charge in [0.05, 0.1) is 5.56 Å². The van der Waals surface area contributed by atoms with Gasteiger partial charge in [-0.25, -0.2) is 4.39 Å². The topological polar surface area (TPSA) is 23.8 Å². The molecule has 2 aromatic carbocycles. The largest absolute Gasteiger partial charge is 0.206 e. The van der Waals surface area contributed by atoms with Crippen LogP contribution in [0.4, 0.5) is 4.39 Å². The third-order valence-electron chi connectivity index (χ3n) is 5.15. The molecule has 132 valence electrons. The molecule has 0 aliphatic heterocycles. The molecule has 0 saturated heterocycles. The second-order valence-corrected chi connectivity index (χ2v) is 7.09. The van der Waals surface area contributed by atoms with Crippen LogP contribution < -0.4 is 0 Å². The first-order valence-corrected chi connectivity index (χ1v) is 9.22. The zero-order valence-corrected chi connectivity index (χ0v) is 15.6. The molecule has 0 bridgehead atoms. The van der Waals surface area contributed by atoms with Crippen molar-refractivity contribution in [2.45, 2.75) is 46.0 Å². The summed E-state index contributed by atoms with van der Waals surface area (Å²) in [4.78, 5) is 0. The fourth-order valence-electron chi connectivity index (χ4n) is 3.11. The summed E-state index contributed by atoms with van der Waals surface area (Å²) in [7, 11) is 0. The molecule has 0 aromatic heterocycles. The minimum Gasteiger partial charge on any atom is -0.206 e. The van der Waals surface area contributed by atoms with Gasteiger partial charge in [-0.3, -0.25) is 0 Å². The summed E-state index contributed by atoms with van der Waals surface area (Å²) in [5, 5.41) is 8.98. The second-order valence-electron chi connectivity index (χ2n) is 7.09. The van der Waals surface area contributed by atoms with Crippen LogP contribution in [0.25, 0.3) is 11.1 Å². The lowest BCUT2D eigenvalue weighted by Gasteiger charge is -2.12. The first-order valence-electron chi connectivity index (χ1n) is 9.22. The maximum atomic E-state index is 14.2. The highest BCUT2D eigenvalue weighted by molar-refractivity contribution is 5.95. The van der Waals surface area contributed by atoms with E-state index in [4.69, 9.17) is 5.26 Å². The van der Waals surface area contributed by atoms with Crippen LogP contribution in [0.5, 0.6) is 0 Å². The molecule has 0 radical (unpaired) electrons. The van der Waals surface area contributed by atoms with Crippen molar-refractivity contribution in [3.05, 3.63) is 82.2 Å². The number of halogens is 1. The van der Waals surface area contributed by atoms with E-state index in [1.165, 1.54) is 30.0 Å². The molecule has 1 aliphatic rings. The predicted molar refractivity (Wildman–Crippen MR) is 106 cm³/mol. The molecule has 1 fully saturated rings. The van der Waals surface area contributed by atoms with Crippen molar-refractivity contribution in [1.82, 2.24) is 0 Å². The van der Waals surface area contributed by atoms with Crippen LogP contribution in [0.15, 0.2) is 54.1 Å². The molecule has 1 aliphatic carbocycles. The van der Waals surface area contributed by atoms with E-state index < -0.39 is 5.82 Å². The Kier molecular flexibility index (Phi) is 5.38. The van der Waals surface area contributed by atoms with E-state index in [2.05, 4.69) is 51.1 Å². The zero-order chi connectivity index (χ0) is 18.7. The van der Waals surface area contributed by atoms with Crippen molar-refractivity contribution in [3.8, 4) is 6.07 Å². The summed E-state index contributed by atoms with van der Waals surface area (Å²) in [6.45, 7) is 6.28. The van der Waals surface area contributed by atoms with E-state index in [1.807, 2.05) is 12.1 Å². The Morgan fingerprint density at radius 2 is 1.77 bits per heavy atom. The van der Waals surface area contributed by atoms with Crippen molar-refractivity contribution in [3.63, 3.8) is 0 Å². The zero-order valence-electron chi connectivity index (χ0n) is 15.6. The molecular weight excluding hydrogens is 321 g/mol. The van der Waals surface area contributed by atoms with E-state index in [9.17, 15) is 4.39 Å². The van der Waals surface area contributed by atoms with Crippen LogP contribution >= 0.6 is 0 Å². The Labute approximate surface area is 155 Å². The maximum Gasteiger partial charge on any atom is 0.141 e. The van der Waals surface area contributed by atoms with E-state index >= 15 is 0 Å². The van der Waals surface area contributed by atoms with Crippen LogP contribution in [0.3, 0.4) is 0 Å². The van der Waals surface area contributed by atoms with Gasteiger partial charge in [0.15, 0.2) is 0 Å². The monoisotopic (exact) mass is 345 g/mol. The summed E-state index contributed by atoms with van der Waals surface area (Å²) in [5.74, 6) is 0.268. The molecule has 0 N–H and O–H groups in total. The smallest absolute Gasteiger partial charge is 0.141 e. The van der Waals surface area contributed by atoms with Crippen LogP contribution in [-0.2, 0) is 0 Å². The van der Waals surface area contributed by atoms with Gasteiger partial charge in [0.2, 0.25) is 0 Å². The number of hydrogen-bond donors (Lipinski definition) is 0. The van der Waals surface area contributed by atoms with E-state index in [0.717, 1.165) is 34.6 Å². The molecule has 0 atom stereocenters. The minimum atomic E-state index is -0.470. The Balaban J connectivity index is 2.08. The molecule has 3 rings (SSSR count). The highest BCUT2D eigenvalue weighted by Gasteiger charge is 2.23. The van der Waals surface area contributed by atoms with Crippen molar-refractivity contribution in [2.75, 3.05) is 0 Å². The van der Waals surface area contributed by atoms with E-state index in [0.29, 0.717) is 0 Å². The summed E-state index contributed by atoms with van der Waals surface area (Å²) in [6, 6.07) is 15.5. The van der Waals surface area contributed by atoms with E-state index in [1.54, 1.807) is 6.07 Å². The van der Waals surface area contributed by atoms with Crippen LogP contribution in [0, 0.1) is 17.1 Å². The van der Waals surface area contributed by atoms with E-state index in [-0.39, 0.29) is 5.56 Å². The van der Waals surface area contributed by atoms with Crippen molar-refractivity contribution in [1.29, 1.82) is 5.26 Å². The van der Waals surface area contributed by atoms with Gasteiger partial charge in [0.25, 0.3) is 0 Å². The molecule has 0 spiro atoms. The number of benzene rings is 2. The molecule has 1 saturated carbocycles. The van der Waals surface area contributed by atoms with Crippen LogP contribution in [0.2, 0.25) is 0 Å². The average Bonchev–Trinajstić information content (AvgIpc) is 3.50. The number of nitriles is 1. The Bertz CT molecular complexity index is 906. The normalized spacial score (nSPS) is 15.4.